The lowest BCUT2D eigenvalue weighted by atomic mass is 9.81. The van der Waals surface area contributed by atoms with E-state index in [-0.39, 0.29) is 37.6 Å². The van der Waals surface area contributed by atoms with E-state index in [2.05, 4.69) is 0 Å². The first kappa shape index (κ1) is 26.2. The minimum atomic E-state index is -4.67. The molecule has 0 aromatic carbocycles. The molecule has 0 aromatic heterocycles. The van der Waals surface area contributed by atoms with E-state index in [1.165, 1.54) is 0 Å². The molecule has 2 unspecified atom stereocenters. The number of hydrogen-bond acceptors (Lipinski definition) is 9. The zero-order valence-electron chi connectivity index (χ0n) is 18.9. The topological polar surface area (TPSA) is 140 Å². The highest BCUT2D eigenvalue weighted by atomic mass is 31.2. The quantitative estimate of drug-likeness (QED) is 0.484. The summed E-state index contributed by atoms with van der Waals surface area (Å²) in [7, 11) is -4.67. The Balaban J connectivity index is 2.11. The Morgan fingerprint density at radius 1 is 1.10 bits per heavy atom. The molecule has 2 rings (SSSR count). The van der Waals surface area contributed by atoms with Crippen molar-refractivity contribution in [3.63, 3.8) is 0 Å². The second-order valence-electron chi connectivity index (χ2n) is 8.53. The van der Waals surface area contributed by atoms with E-state index >= 15 is 0 Å². The highest BCUT2D eigenvalue weighted by Crippen LogP contribution is 2.52. The van der Waals surface area contributed by atoms with Crippen LogP contribution in [0.1, 0.15) is 48.0 Å². The van der Waals surface area contributed by atoms with Gasteiger partial charge in [0.15, 0.2) is 5.41 Å². The van der Waals surface area contributed by atoms with E-state index in [1.54, 1.807) is 6.92 Å². The van der Waals surface area contributed by atoms with Crippen LogP contribution in [0.2, 0.25) is 0 Å². The summed E-state index contributed by atoms with van der Waals surface area (Å²) in [5, 5.41) is 19.4. The van der Waals surface area contributed by atoms with Gasteiger partial charge in [0, 0.05) is 6.42 Å². The minimum Gasteiger partial charge on any atom is -0.376 e. The van der Waals surface area contributed by atoms with Gasteiger partial charge in [-0.1, -0.05) is 0 Å². The minimum absolute atomic E-state index is 0.00859. The largest absolute Gasteiger partial charge is 0.472 e. The summed E-state index contributed by atoms with van der Waals surface area (Å²) in [5.41, 5.74) is -1.78. The molecule has 0 bridgehead atoms. The van der Waals surface area contributed by atoms with Crippen LogP contribution in [0.15, 0.2) is 0 Å². The van der Waals surface area contributed by atoms with Crippen molar-refractivity contribution in [1.82, 2.24) is 0 Å². The van der Waals surface area contributed by atoms with Gasteiger partial charge < -0.3 is 23.8 Å². The number of phosphoric acid groups is 1. The molecule has 0 radical (unpaired) electrons. The number of phosphoric ester groups is 1. The van der Waals surface area contributed by atoms with Crippen LogP contribution in [-0.2, 0) is 32.6 Å². The van der Waals surface area contributed by atoms with Crippen molar-refractivity contribution in [2.75, 3.05) is 13.2 Å². The van der Waals surface area contributed by atoms with Crippen molar-refractivity contribution in [1.29, 1.82) is 10.5 Å². The van der Waals surface area contributed by atoms with Crippen LogP contribution in [-0.4, -0.2) is 66.9 Å². The van der Waals surface area contributed by atoms with Gasteiger partial charge in [-0.2, -0.15) is 10.5 Å². The summed E-state index contributed by atoms with van der Waals surface area (Å²) in [6, 6.07) is 3.80. The number of ether oxygens (including phenoxy) is 4. The standard InChI is InChI=1S/C20H33N2O8P/c1-12(2)25-8-18-19(20(10-21,11-22)15(6)29-18)30-31(23,24)26-9-17-16(27-13(3)4)7-14(5)28-17/h12-19H,7-9H2,1-6H3,(H,23,24)/t14-,15-,16?,17+,18+,19-/m0/s1. The van der Waals surface area contributed by atoms with Crippen molar-refractivity contribution in [3.8, 4) is 12.1 Å². The van der Waals surface area contributed by atoms with Gasteiger partial charge in [-0.05, 0) is 41.5 Å². The molecular weight excluding hydrogens is 427 g/mol. The van der Waals surface area contributed by atoms with Gasteiger partial charge in [-0.15, -0.1) is 0 Å². The van der Waals surface area contributed by atoms with Gasteiger partial charge in [0.25, 0.3) is 0 Å². The number of hydrogen-bond donors (Lipinski definition) is 1. The van der Waals surface area contributed by atoms with Gasteiger partial charge in [-0.3, -0.25) is 9.05 Å². The third-order valence-electron chi connectivity index (χ3n) is 5.25. The molecule has 0 aliphatic carbocycles. The molecule has 10 nitrogen and oxygen atoms in total. The van der Waals surface area contributed by atoms with Crippen molar-refractivity contribution >= 4 is 7.82 Å². The van der Waals surface area contributed by atoms with Crippen LogP contribution in [0.25, 0.3) is 0 Å². The highest BCUT2D eigenvalue weighted by Gasteiger charge is 2.59. The molecule has 7 atom stereocenters. The van der Waals surface area contributed by atoms with Gasteiger partial charge >= 0.3 is 7.82 Å². The second-order valence-corrected chi connectivity index (χ2v) is 9.93. The van der Waals surface area contributed by atoms with E-state index in [1.807, 2.05) is 46.8 Å². The maximum Gasteiger partial charge on any atom is 0.472 e. The predicted octanol–water partition coefficient (Wildman–Crippen LogP) is 2.71. The fourth-order valence-corrected chi connectivity index (χ4v) is 4.75. The van der Waals surface area contributed by atoms with E-state index in [9.17, 15) is 20.0 Å². The normalized spacial score (nSPS) is 34.5. The molecule has 2 aliphatic rings. The zero-order valence-corrected chi connectivity index (χ0v) is 19.8. The van der Waals surface area contributed by atoms with Crippen molar-refractivity contribution < 1.29 is 37.5 Å². The summed E-state index contributed by atoms with van der Waals surface area (Å²) < 4.78 is 46.1. The lowest BCUT2D eigenvalue weighted by Gasteiger charge is -2.28. The molecule has 0 spiro atoms. The zero-order chi connectivity index (χ0) is 23.4. The first-order valence-corrected chi connectivity index (χ1v) is 12.0. The lowest BCUT2D eigenvalue weighted by molar-refractivity contribution is -0.0705. The van der Waals surface area contributed by atoms with Crippen LogP contribution in [0, 0.1) is 28.1 Å². The monoisotopic (exact) mass is 460 g/mol. The summed E-state index contributed by atoms with van der Waals surface area (Å²) >= 11 is 0. The molecule has 1 N–H and O–H groups in total. The fraction of sp³-hybridized carbons (Fsp3) is 0.900. The first-order chi connectivity index (χ1) is 14.4. The van der Waals surface area contributed by atoms with Crippen molar-refractivity contribution in [2.45, 2.75) is 96.8 Å². The Labute approximate surface area is 183 Å². The molecule has 31 heavy (non-hydrogen) atoms. The number of nitrogens with zero attached hydrogens (tertiary/aromatic N) is 2. The smallest absolute Gasteiger partial charge is 0.376 e. The second kappa shape index (κ2) is 10.7. The summed E-state index contributed by atoms with van der Waals surface area (Å²) in [5.74, 6) is 0. The van der Waals surface area contributed by atoms with E-state index in [0.717, 1.165) is 0 Å². The molecular formula is C20H33N2O8P. The fourth-order valence-electron chi connectivity index (χ4n) is 3.77. The Hall–Kier alpha value is -1.07. The van der Waals surface area contributed by atoms with Crippen LogP contribution in [0.5, 0.6) is 0 Å². The molecule has 2 heterocycles. The van der Waals surface area contributed by atoms with Gasteiger partial charge in [0.1, 0.15) is 18.3 Å². The number of rotatable bonds is 10. The summed E-state index contributed by atoms with van der Waals surface area (Å²) in [4.78, 5) is 10.4. The molecule has 11 heteroatoms. The Kier molecular flexibility index (Phi) is 9.04. The highest BCUT2D eigenvalue weighted by molar-refractivity contribution is 7.47. The molecule has 0 saturated carbocycles. The predicted molar refractivity (Wildman–Crippen MR) is 109 cm³/mol. The van der Waals surface area contributed by atoms with Crippen LogP contribution >= 0.6 is 7.82 Å². The third-order valence-corrected chi connectivity index (χ3v) is 6.22. The Morgan fingerprint density at radius 2 is 1.74 bits per heavy atom. The summed E-state index contributed by atoms with van der Waals surface area (Å²) in [6.07, 6.45) is -3.53. The average Bonchev–Trinajstić information content (AvgIpc) is 3.14. The first-order valence-electron chi connectivity index (χ1n) is 10.5. The lowest BCUT2D eigenvalue weighted by Crippen LogP contribution is -2.41. The Morgan fingerprint density at radius 3 is 2.29 bits per heavy atom. The van der Waals surface area contributed by atoms with Crippen LogP contribution < -0.4 is 0 Å². The maximum atomic E-state index is 12.7. The maximum absolute atomic E-state index is 12.7. The van der Waals surface area contributed by atoms with Gasteiger partial charge in [-0.25, -0.2) is 4.57 Å². The average molecular weight is 460 g/mol. The molecule has 2 aliphatic heterocycles. The SMILES string of the molecule is CC(C)OC[C@H]1O[C@@H](C)C(C#N)(C#N)[C@H]1OP(=O)(O)OC[C@H]1O[C@@H](C)CC1OC(C)C. The van der Waals surface area contributed by atoms with E-state index < -0.39 is 37.7 Å². The molecule has 0 aromatic rings. The van der Waals surface area contributed by atoms with Crippen molar-refractivity contribution in [3.05, 3.63) is 0 Å². The molecule has 176 valence electrons. The third kappa shape index (κ3) is 6.47. The molecule has 2 saturated heterocycles. The number of nitriles is 2. The molecule has 2 fully saturated rings. The van der Waals surface area contributed by atoms with Crippen LogP contribution in [0.3, 0.4) is 0 Å². The van der Waals surface area contributed by atoms with E-state index in [0.29, 0.717) is 6.42 Å². The van der Waals surface area contributed by atoms with Gasteiger partial charge in [0.05, 0.1) is 55.9 Å². The van der Waals surface area contributed by atoms with Gasteiger partial charge in [0.2, 0.25) is 0 Å². The van der Waals surface area contributed by atoms with E-state index in [4.69, 9.17) is 28.0 Å². The van der Waals surface area contributed by atoms with Crippen molar-refractivity contribution in [2.24, 2.45) is 5.41 Å². The molecule has 0 amide bonds. The van der Waals surface area contributed by atoms with Crippen LogP contribution in [0.4, 0.5) is 0 Å². The summed E-state index contributed by atoms with van der Waals surface area (Å²) in [6.45, 7) is 10.6. The Bertz CT molecular complexity index is 720.